The van der Waals surface area contributed by atoms with E-state index in [1.807, 2.05) is 24.3 Å². The molecule has 0 unspecified atom stereocenters. The van der Waals surface area contributed by atoms with Crippen LogP contribution < -0.4 is 15.2 Å². The van der Waals surface area contributed by atoms with Gasteiger partial charge < -0.3 is 20.1 Å². The van der Waals surface area contributed by atoms with Gasteiger partial charge in [-0.05, 0) is 57.7 Å². The van der Waals surface area contributed by atoms with Gasteiger partial charge in [-0.25, -0.2) is 4.98 Å². The molecule has 1 aromatic heterocycles. The van der Waals surface area contributed by atoms with Gasteiger partial charge in [0.25, 0.3) is 0 Å². The summed E-state index contributed by atoms with van der Waals surface area (Å²) >= 11 is 0. The second-order valence-corrected chi connectivity index (χ2v) is 5.54. The molecule has 2 rings (SSSR count). The highest BCUT2D eigenvalue weighted by atomic mass is 16.5. The van der Waals surface area contributed by atoms with E-state index in [4.69, 9.17) is 15.2 Å². The van der Waals surface area contributed by atoms with Crippen LogP contribution in [0.4, 0.5) is 5.82 Å². The molecule has 5 heteroatoms. The average molecular weight is 314 g/mol. The lowest BCUT2D eigenvalue weighted by Gasteiger charge is -2.15. The van der Waals surface area contributed by atoms with Crippen molar-refractivity contribution in [3.8, 4) is 22.8 Å². The zero-order valence-electron chi connectivity index (χ0n) is 14.2. The first-order valence-electron chi connectivity index (χ1n) is 7.52. The summed E-state index contributed by atoms with van der Waals surface area (Å²) in [6.07, 6.45) is 3.08. The Morgan fingerprint density at radius 1 is 1.13 bits per heavy atom. The van der Waals surface area contributed by atoms with Crippen LogP contribution in [0.25, 0.3) is 11.3 Å². The summed E-state index contributed by atoms with van der Waals surface area (Å²) in [5.74, 6) is 2.02. The number of benzene rings is 1. The standard InChI is InChI=1S/C18H24N3O2/c1-21(2)10-6-7-13-11-17(23-4)14(12-16(13)22-3)15-8-5-9-18(19)20-15/h5,7-9,11-12H,6,10H2,1-4H3,(H2,19,20). The first kappa shape index (κ1) is 17.1. The number of nitrogen functional groups attached to an aromatic ring is 1. The van der Waals surface area contributed by atoms with E-state index in [-0.39, 0.29) is 0 Å². The average Bonchev–Trinajstić information content (AvgIpc) is 2.54. The zero-order valence-corrected chi connectivity index (χ0v) is 14.2. The van der Waals surface area contributed by atoms with E-state index in [0.717, 1.165) is 41.3 Å². The molecule has 1 heterocycles. The van der Waals surface area contributed by atoms with E-state index in [1.54, 1.807) is 20.3 Å². The predicted octanol–water partition coefficient (Wildman–Crippen LogP) is 2.85. The molecule has 0 fully saturated rings. The maximum Gasteiger partial charge on any atom is 0.128 e. The Morgan fingerprint density at radius 2 is 1.87 bits per heavy atom. The third kappa shape index (κ3) is 4.36. The maximum absolute atomic E-state index is 5.79. The smallest absolute Gasteiger partial charge is 0.128 e. The molecular weight excluding hydrogens is 290 g/mol. The molecule has 1 aromatic carbocycles. The van der Waals surface area contributed by atoms with E-state index in [2.05, 4.69) is 30.4 Å². The van der Waals surface area contributed by atoms with E-state index >= 15 is 0 Å². The van der Waals surface area contributed by atoms with Crippen molar-refractivity contribution in [3.63, 3.8) is 0 Å². The Labute approximate surface area is 138 Å². The van der Waals surface area contributed by atoms with Crippen LogP contribution in [-0.4, -0.2) is 44.7 Å². The van der Waals surface area contributed by atoms with Crippen molar-refractivity contribution in [2.75, 3.05) is 40.6 Å². The number of pyridine rings is 1. The van der Waals surface area contributed by atoms with Crippen LogP contribution in [0.15, 0.2) is 30.3 Å². The Balaban J connectivity index is 2.37. The summed E-state index contributed by atoms with van der Waals surface area (Å²) in [6, 6.07) is 9.47. The van der Waals surface area contributed by atoms with E-state index in [9.17, 15) is 0 Å². The van der Waals surface area contributed by atoms with Crippen LogP contribution in [-0.2, 0) is 0 Å². The molecule has 0 saturated heterocycles. The summed E-state index contributed by atoms with van der Waals surface area (Å²) in [7, 11) is 7.43. The predicted molar refractivity (Wildman–Crippen MR) is 93.8 cm³/mol. The molecule has 2 N–H and O–H groups in total. The molecule has 5 nitrogen and oxygen atoms in total. The van der Waals surface area contributed by atoms with Gasteiger partial charge in [-0.15, -0.1) is 0 Å². The van der Waals surface area contributed by atoms with Crippen molar-refractivity contribution >= 4 is 5.82 Å². The number of rotatable bonds is 7. The van der Waals surface area contributed by atoms with Gasteiger partial charge in [-0.3, -0.25) is 0 Å². The van der Waals surface area contributed by atoms with Crippen LogP contribution in [0.2, 0.25) is 0 Å². The first-order chi connectivity index (χ1) is 11.0. The fraction of sp³-hybridized carbons (Fsp3) is 0.333. The molecule has 2 aromatic rings. The minimum absolute atomic E-state index is 0.477. The number of anilines is 1. The van der Waals surface area contributed by atoms with Gasteiger partial charge in [-0.1, -0.05) is 6.07 Å². The van der Waals surface area contributed by atoms with E-state index < -0.39 is 0 Å². The minimum Gasteiger partial charge on any atom is -0.496 e. The van der Waals surface area contributed by atoms with Crippen LogP contribution in [0, 0.1) is 6.42 Å². The molecule has 0 saturated carbocycles. The minimum atomic E-state index is 0.477. The van der Waals surface area contributed by atoms with Crippen molar-refractivity contribution in [2.45, 2.75) is 6.42 Å². The molecule has 0 aliphatic carbocycles. The van der Waals surface area contributed by atoms with E-state index in [1.165, 1.54) is 0 Å². The van der Waals surface area contributed by atoms with Crippen molar-refractivity contribution < 1.29 is 9.47 Å². The lowest BCUT2D eigenvalue weighted by molar-refractivity contribution is 0.398. The normalized spacial score (nSPS) is 10.8. The van der Waals surface area contributed by atoms with Gasteiger partial charge in [0.05, 0.1) is 19.9 Å². The van der Waals surface area contributed by atoms with Crippen molar-refractivity contribution in [1.29, 1.82) is 0 Å². The highest BCUT2D eigenvalue weighted by Crippen LogP contribution is 2.36. The number of nitrogens with zero attached hydrogens (tertiary/aromatic N) is 2. The Kier molecular flexibility index (Phi) is 5.82. The lowest BCUT2D eigenvalue weighted by atomic mass is 10.0. The lowest BCUT2D eigenvalue weighted by Crippen LogP contribution is -2.13. The van der Waals surface area contributed by atoms with Crippen molar-refractivity contribution in [1.82, 2.24) is 9.88 Å². The third-order valence-corrected chi connectivity index (χ3v) is 3.54. The summed E-state index contributed by atoms with van der Waals surface area (Å²) in [6.45, 7) is 0.976. The van der Waals surface area contributed by atoms with Crippen LogP contribution in [0.1, 0.15) is 12.0 Å². The number of hydrogen-bond donors (Lipinski definition) is 1. The molecule has 0 bridgehead atoms. The fourth-order valence-electron chi connectivity index (χ4n) is 2.36. The Bertz CT molecular complexity index is 657. The largest absolute Gasteiger partial charge is 0.496 e. The monoisotopic (exact) mass is 314 g/mol. The summed E-state index contributed by atoms with van der Waals surface area (Å²) in [4.78, 5) is 6.51. The highest BCUT2D eigenvalue weighted by Gasteiger charge is 2.14. The number of nitrogens with two attached hydrogens (primary N) is 1. The first-order valence-corrected chi connectivity index (χ1v) is 7.52. The zero-order chi connectivity index (χ0) is 16.8. The number of ether oxygens (including phenoxy) is 2. The van der Waals surface area contributed by atoms with E-state index in [0.29, 0.717) is 5.82 Å². The molecule has 1 radical (unpaired) electrons. The van der Waals surface area contributed by atoms with Gasteiger partial charge in [-0.2, -0.15) is 0 Å². The fourth-order valence-corrected chi connectivity index (χ4v) is 2.36. The van der Waals surface area contributed by atoms with Crippen molar-refractivity contribution in [2.24, 2.45) is 0 Å². The second-order valence-electron chi connectivity index (χ2n) is 5.54. The van der Waals surface area contributed by atoms with Gasteiger partial charge in [0, 0.05) is 11.1 Å². The van der Waals surface area contributed by atoms with Crippen molar-refractivity contribution in [3.05, 3.63) is 42.3 Å². The van der Waals surface area contributed by atoms with Gasteiger partial charge in [0.2, 0.25) is 0 Å². The Hall–Kier alpha value is -2.27. The maximum atomic E-state index is 5.79. The van der Waals surface area contributed by atoms with Gasteiger partial charge >= 0.3 is 0 Å². The second kappa shape index (κ2) is 7.83. The van der Waals surface area contributed by atoms with Gasteiger partial charge in [0.15, 0.2) is 0 Å². The molecule has 0 aliphatic rings. The molecule has 0 aliphatic heterocycles. The van der Waals surface area contributed by atoms with Crippen LogP contribution >= 0.6 is 0 Å². The highest BCUT2D eigenvalue weighted by molar-refractivity contribution is 5.72. The molecule has 123 valence electrons. The molecule has 0 atom stereocenters. The molecular formula is C18H24N3O2. The topological polar surface area (TPSA) is 60.6 Å². The van der Waals surface area contributed by atoms with Crippen LogP contribution in [0.3, 0.4) is 0 Å². The number of aromatic nitrogens is 1. The van der Waals surface area contributed by atoms with Crippen LogP contribution in [0.5, 0.6) is 11.5 Å². The SMILES string of the molecule is COc1cc(-c2cccc(N)n2)c(OC)cc1[CH]CCN(C)C. The molecule has 23 heavy (non-hydrogen) atoms. The summed E-state index contributed by atoms with van der Waals surface area (Å²) in [5.41, 5.74) is 8.43. The number of hydrogen-bond acceptors (Lipinski definition) is 5. The molecule has 0 amide bonds. The summed E-state index contributed by atoms with van der Waals surface area (Å²) in [5, 5.41) is 0. The quantitative estimate of drug-likeness (QED) is 0.851. The number of methoxy groups -OCH3 is 2. The van der Waals surface area contributed by atoms with Gasteiger partial charge in [0.1, 0.15) is 17.3 Å². The Morgan fingerprint density at radius 3 is 2.48 bits per heavy atom. The summed E-state index contributed by atoms with van der Waals surface area (Å²) < 4.78 is 11.1. The third-order valence-electron chi connectivity index (χ3n) is 3.54. The molecule has 0 spiro atoms.